The highest BCUT2D eigenvalue weighted by Crippen LogP contribution is 2.15. The first-order valence-corrected chi connectivity index (χ1v) is 18.1. The first-order chi connectivity index (χ1) is 19.6. The van der Waals surface area contributed by atoms with Crippen molar-refractivity contribution in [1.29, 1.82) is 0 Å². The lowest BCUT2D eigenvalue weighted by Crippen LogP contribution is -2.26. The topological polar surface area (TPSA) is 52.6 Å². The Morgan fingerprint density at radius 3 is 1.10 bits per heavy atom. The van der Waals surface area contributed by atoms with Crippen molar-refractivity contribution in [3.8, 4) is 0 Å². The van der Waals surface area contributed by atoms with Crippen LogP contribution in [0.25, 0.3) is 0 Å². The van der Waals surface area contributed by atoms with Gasteiger partial charge in [-0.2, -0.15) is 0 Å². The molecule has 0 aromatic carbocycles. The van der Waals surface area contributed by atoms with E-state index < -0.39 is 6.10 Å². The number of carbonyl (C=O) groups is 2. The summed E-state index contributed by atoms with van der Waals surface area (Å²) in [5.41, 5.74) is 0. The molecule has 0 unspecified atom stereocenters. The number of ether oxygens (including phenoxy) is 2. The normalized spacial score (nSPS) is 12.0. The first-order valence-electron chi connectivity index (χ1n) is 17.5. The fourth-order valence-electron chi connectivity index (χ4n) is 5.19. The molecule has 0 aliphatic rings. The summed E-state index contributed by atoms with van der Waals surface area (Å²) in [5.74, 6) is -0.303. The van der Waals surface area contributed by atoms with Crippen LogP contribution in [0.2, 0.25) is 0 Å². The molecule has 0 radical (unpaired) electrons. The number of rotatable bonds is 32. The first kappa shape index (κ1) is 39.2. The average Bonchev–Trinajstić information content (AvgIpc) is 2.96. The Balaban J connectivity index is 3.53. The van der Waals surface area contributed by atoms with Crippen LogP contribution in [0.4, 0.5) is 0 Å². The molecule has 5 heteroatoms. The maximum Gasteiger partial charge on any atom is 0.306 e. The molecule has 40 heavy (non-hydrogen) atoms. The van der Waals surface area contributed by atoms with Gasteiger partial charge in [-0.15, -0.1) is 11.6 Å². The molecular weight excluding hydrogens is 520 g/mol. The predicted molar refractivity (Wildman–Crippen MR) is 172 cm³/mol. The largest absolute Gasteiger partial charge is 0.462 e. The number of halogens is 1. The van der Waals surface area contributed by atoms with E-state index in [9.17, 15) is 9.59 Å². The van der Waals surface area contributed by atoms with Gasteiger partial charge in [0.25, 0.3) is 0 Å². The zero-order valence-corrected chi connectivity index (χ0v) is 27.6. The van der Waals surface area contributed by atoms with Gasteiger partial charge in [-0.3, -0.25) is 9.59 Å². The SMILES string of the molecule is CCCCCCCCCCCCCCCC(=O)OC[C@H](CCl)OC(=O)CCCCCCCCCCCCCCC. The van der Waals surface area contributed by atoms with Crippen molar-refractivity contribution in [3.05, 3.63) is 0 Å². The van der Waals surface area contributed by atoms with Crippen LogP contribution < -0.4 is 0 Å². The Labute approximate surface area is 254 Å². The number of hydrogen-bond donors (Lipinski definition) is 0. The van der Waals surface area contributed by atoms with E-state index >= 15 is 0 Å². The average molecular weight is 587 g/mol. The van der Waals surface area contributed by atoms with Crippen LogP contribution in [-0.2, 0) is 19.1 Å². The molecule has 0 aromatic rings. The van der Waals surface area contributed by atoms with Crippen LogP contribution in [0.5, 0.6) is 0 Å². The monoisotopic (exact) mass is 586 g/mol. The van der Waals surface area contributed by atoms with Crippen molar-refractivity contribution in [2.45, 2.75) is 200 Å². The standard InChI is InChI=1S/C35H67ClO4/c1-3-5-7-9-11-13-15-17-19-21-23-25-27-29-34(37)39-32-33(31-36)40-35(38)30-28-26-24-22-20-18-16-14-12-10-8-6-4-2/h33H,3-32H2,1-2H3/t33-/m0/s1. The zero-order valence-electron chi connectivity index (χ0n) is 26.8. The fourth-order valence-corrected chi connectivity index (χ4v) is 5.34. The molecule has 0 saturated carbocycles. The van der Waals surface area contributed by atoms with E-state index in [1.165, 1.54) is 141 Å². The van der Waals surface area contributed by atoms with Crippen molar-refractivity contribution < 1.29 is 19.1 Å². The second kappa shape index (κ2) is 32.7. The molecule has 0 N–H and O–H groups in total. The van der Waals surface area contributed by atoms with Crippen LogP contribution >= 0.6 is 11.6 Å². The molecule has 4 nitrogen and oxygen atoms in total. The maximum absolute atomic E-state index is 12.1. The molecule has 0 fully saturated rings. The van der Waals surface area contributed by atoms with Gasteiger partial charge in [0, 0.05) is 12.8 Å². The van der Waals surface area contributed by atoms with E-state index in [1.54, 1.807) is 0 Å². The maximum atomic E-state index is 12.1. The second-order valence-electron chi connectivity index (χ2n) is 11.9. The Kier molecular flexibility index (Phi) is 32.1. The quantitative estimate of drug-likeness (QED) is 0.0446. The minimum absolute atomic E-state index is 0.0606. The number of hydrogen-bond acceptors (Lipinski definition) is 4. The van der Waals surface area contributed by atoms with Crippen molar-refractivity contribution in [2.24, 2.45) is 0 Å². The number of carbonyl (C=O) groups excluding carboxylic acids is 2. The molecular formula is C35H67ClO4. The summed E-state index contributed by atoms with van der Waals surface area (Å²) in [6, 6.07) is 0. The molecule has 1 atom stereocenters. The lowest BCUT2D eigenvalue weighted by atomic mass is 10.0. The Bertz CT molecular complexity index is 539. The van der Waals surface area contributed by atoms with Crippen LogP contribution in [-0.4, -0.2) is 30.5 Å². The minimum atomic E-state index is -0.549. The van der Waals surface area contributed by atoms with Gasteiger partial charge in [0.1, 0.15) is 12.7 Å². The summed E-state index contributed by atoms with van der Waals surface area (Å²) >= 11 is 5.95. The minimum Gasteiger partial charge on any atom is -0.462 e. The second-order valence-corrected chi connectivity index (χ2v) is 12.2. The summed E-state index contributed by atoms with van der Waals surface area (Å²) < 4.78 is 10.8. The highest BCUT2D eigenvalue weighted by atomic mass is 35.5. The smallest absolute Gasteiger partial charge is 0.306 e. The molecule has 0 aliphatic carbocycles. The van der Waals surface area contributed by atoms with E-state index in [2.05, 4.69) is 13.8 Å². The molecule has 0 saturated heterocycles. The zero-order chi connectivity index (χ0) is 29.4. The number of alkyl halides is 1. The Hall–Kier alpha value is -0.770. The summed E-state index contributed by atoms with van der Waals surface area (Å²) in [7, 11) is 0. The van der Waals surface area contributed by atoms with Crippen LogP contribution in [0, 0.1) is 0 Å². The molecule has 238 valence electrons. The Morgan fingerprint density at radius 1 is 0.475 bits per heavy atom. The van der Waals surface area contributed by atoms with E-state index in [0.29, 0.717) is 12.8 Å². The molecule has 0 aromatic heterocycles. The van der Waals surface area contributed by atoms with Gasteiger partial charge in [-0.05, 0) is 12.8 Å². The molecule has 0 aliphatic heterocycles. The summed E-state index contributed by atoms with van der Waals surface area (Å²) in [6.07, 6.45) is 33.6. The van der Waals surface area contributed by atoms with Gasteiger partial charge in [0.2, 0.25) is 0 Å². The van der Waals surface area contributed by atoms with Crippen molar-refractivity contribution in [2.75, 3.05) is 12.5 Å². The fraction of sp³-hybridized carbons (Fsp3) is 0.943. The molecule has 0 heterocycles. The van der Waals surface area contributed by atoms with Crippen molar-refractivity contribution in [3.63, 3.8) is 0 Å². The van der Waals surface area contributed by atoms with E-state index in [0.717, 1.165) is 25.7 Å². The van der Waals surface area contributed by atoms with Gasteiger partial charge in [0.05, 0.1) is 5.88 Å². The highest BCUT2D eigenvalue weighted by molar-refractivity contribution is 6.18. The molecule has 0 spiro atoms. The summed E-state index contributed by atoms with van der Waals surface area (Å²) in [5, 5.41) is 0. The Morgan fingerprint density at radius 2 is 0.775 bits per heavy atom. The number of esters is 2. The van der Waals surface area contributed by atoms with Gasteiger partial charge in [-0.25, -0.2) is 0 Å². The lowest BCUT2D eigenvalue weighted by Gasteiger charge is -2.15. The summed E-state index contributed by atoms with van der Waals surface area (Å²) in [4.78, 5) is 24.2. The van der Waals surface area contributed by atoms with Crippen molar-refractivity contribution in [1.82, 2.24) is 0 Å². The van der Waals surface area contributed by atoms with Gasteiger partial charge < -0.3 is 9.47 Å². The van der Waals surface area contributed by atoms with Crippen LogP contribution in [0.1, 0.15) is 194 Å². The van der Waals surface area contributed by atoms with Gasteiger partial charge in [-0.1, -0.05) is 168 Å². The highest BCUT2D eigenvalue weighted by Gasteiger charge is 2.16. The third-order valence-electron chi connectivity index (χ3n) is 7.87. The van der Waals surface area contributed by atoms with E-state index in [1.807, 2.05) is 0 Å². The third-order valence-corrected chi connectivity index (χ3v) is 8.21. The van der Waals surface area contributed by atoms with Gasteiger partial charge in [0.15, 0.2) is 0 Å². The van der Waals surface area contributed by atoms with E-state index in [-0.39, 0.29) is 24.4 Å². The van der Waals surface area contributed by atoms with Crippen LogP contribution in [0.3, 0.4) is 0 Å². The molecule has 0 bridgehead atoms. The van der Waals surface area contributed by atoms with E-state index in [4.69, 9.17) is 21.1 Å². The summed E-state index contributed by atoms with van der Waals surface area (Å²) in [6.45, 7) is 4.59. The third kappa shape index (κ3) is 30.2. The lowest BCUT2D eigenvalue weighted by molar-refractivity contribution is -0.157. The molecule has 0 amide bonds. The van der Waals surface area contributed by atoms with Gasteiger partial charge >= 0.3 is 11.9 Å². The van der Waals surface area contributed by atoms with Crippen LogP contribution in [0.15, 0.2) is 0 Å². The molecule has 0 rings (SSSR count). The predicted octanol–water partition coefficient (Wildman–Crippen LogP) is 11.6. The van der Waals surface area contributed by atoms with Crippen molar-refractivity contribution >= 4 is 23.5 Å². The number of unbranched alkanes of at least 4 members (excludes halogenated alkanes) is 24.